The molecule has 23 heavy (non-hydrogen) atoms. The molecule has 0 atom stereocenters. The quantitative estimate of drug-likeness (QED) is 0.790. The number of amides is 1. The van der Waals surface area contributed by atoms with E-state index in [0.29, 0.717) is 30.9 Å². The van der Waals surface area contributed by atoms with E-state index in [-0.39, 0.29) is 10.6 Å². The fourth-order valence-corrected chi connectivity index (χ4v) is 2.41. The Morgan fingerprint density at radius 2 is 1.87 bits per heavy atom. The number of hydrogen-bond acceptors (Lipinski definition) is 3. The van der Waals surface area contributed by atoms with Gasteiger partial charge < -0.3 is 14.8 Å². The summed E-state index contributed by atoms with van der Waals surface area (Å²) < 4.78 is 0. The van der Waals surface area contributed by atoms with Crippen LogP contribution in [0.3, 0.4) is 0 Å². The molecular formula is C17H20ClN3O2. The molecule has 2 aromatic rings. The van der Waals surface area contributed by atoms with Crippen LogP contribution in [0.4, 0.5) is 5.69 Å². The van der Waals surface area contributed by atoms with Gasteiger partial charge in [-0.25, -0.2) is 0 Å². The number of H-pyrrole nitrogens is 1. The van der Waals surface area contributed by atoms with Crippen LogP contribution in [0.25, 0.3) is 0 Å². The monoisotopic (exact) mass is 333 g/mol. The van der Waals surface area contributed by atoms with Crippen LogP contribution in [0.5, 0.6) is 0 Å². The van der Waals surface area contributed by atoms with Crippen molar-refractivity contribution in [2.24, 2.45) is 0 Å². The maximum Gasteiger partial charge on any atom is 0.267 e. The predicted molar refractivity (Wildman–Crippen MR) is 93.3 cm³/mol. The Labute approximate surface area is 140 Å². The van der Waals surface area contributed by atoms with Crippen molar-refractivity contribution in [1.82, 2.24) is 9.88 Å². The summed E-state index contributed by atoms with van der Waals surface area (Å²) in [6, 6.07) is 11.3. The molecule has 1 N–H and O–H groups in total. The molecule has 0 radical (unpaired) electrons. The zero-order valence-electron chi connectivity index (χ0n) is 13.3. The van der Waals surface area contributed by atoms with E-state index < -0.39 is 0 Å². The van der Waals surface area contributed by atoms with E-state index in [4.69, 9.17) is 11.6 Å². The second-order valence-corrected chi connectivity index (χ2v) is 5.98. The average molecular weight is 334 g/mol. The molecule has 0 aliphatic heterocycles. The number of carbonyl (C=O) groups is 1. The van der Waals surface area contributed by atoms with Crippen molar-refractivity contribution >= 4 is 23.7 Å². The first-order valence-electron chi connectivity index (χ1n) is 7.33. The van der Waals surface area contributed by atoms with E-state index in [1.165, 1.54) is 0 Å². The normalized spacial score (nSPS) is 10.8. The number of benzene rings is 1. The molecule has 0 fully saturated rings. The summed E-state index contributed by atoms with van der Waals surface area (Å²) in [5.74, 6) is 0. The van der Waals surface area contributed by atoms with Gasteiger partial charge in [0.15, 0.2) is 0 Å². The van der Waals surface area contributed by atoms with Gasteiger partial charge in [-0.3, -0.25) is 9.59 Å². The number of rotatable bonds is 7. The predicted octanol–water partition coefficient (Wildman–Crippen LogP) is 2.14. The smallest absolute Gasteiger partial charge is 0.267 e. The number of aromatic amines is 1. The number of halogens is 1. The third kappa shape index (κ3) is 4.68. The first-order valence-corrected chi connectivity index (χ1v) is 7.71. The summed E-state index contributed by atoms with van der Waals surface area (Å²) in [6.07, 6.45) is 1.29. The number of pyridine rings is 1. The average Bonchev–Trinajstić information content (AvgIpc) is 2.53. The molecule has 1 aromatic heterocycles. The minimum absolute atomic E-state index is 0.0773. The highest BCUT2D eigenvalue weighted by Crippen LogP contribution is 2.22. The highest BCUT2D eigenvalue weighted by Gasteiger charge is 2.14. The Bertz CT molecular complexity index is 714. The number of aromatic nitrogens is 1. The van der Waals surface area contributed by atoms with Crippen LogP contribution in [0.2, 0.25) is 5.02 Å². The van der Waals surface area contributed by atoms with E-state index in [9.17, 15) is 9.59 Å². The van der Waals surface area contributed by atoms with Crippen LogP contribution in [-0.2, 0) is 11.2 Å². The van der Waals surface area contributed by atoms with Crippen molar-refractivity contribution < 1.29 is 4.79 Å². The van der Waals surface area contributed by atoms with E-state index in [2.05, 4.69) is 4.98 Å². The molecule has 0 saturated heterocycles. The molecule has 2 rings (SSSR count). The molecule has 122 valence electrons. The van der Waals surface area contributed by atoms with Crippen LogP contribution in [0.1, 0.15) is 11.3 Å². The molecule has 5 nitrogen and oxygen atoms in total. The Balaban J connectivity index is 2.38. The molecule has 0 aliphatic rings. The van der Waals surface area contributed by atoms with Crippen molar-refractivity contribution in [3.05, 3.63) is 63.0 Å². The summed E-state index contributed by atoms with van der Waals surface area (Å²) in [6.45, 7) is 1.22. The van der Waals surface area contributed by atoms with E-state index in [1.807, 2.05) is 49.3 Å². The fourth-order valence-electron chi connectivity index (χ4n) is 2.26. The number of likely N-dealkylation sites (N-methyl/N-ethyl adjacent to an activating group) is 1. The third-order valence-electron chi connectivity index (χ3n) is 3.50. The minimum atomic E-state index is -0.347. The number of anilines is 1. The van der Waals surface area contributed by atoms with E-state index in [0.717, 1.165) is 12.0 Å². The first kappa shape index (κ1) is 17.2. The van der Waals surface area contributed by atoms with Gasteiger partial charge in [-0.15, -0.1) is 0 Å². The van der Waals surface area contributed by atoms with Crippen molar-refractivity contribution in [2.75, 3.05) is 32.1 Å². The molecule has 0 bridgehead atoms. The standard InChI is InChI=1S/C17H20ClN3O2/c1-20(2)8-9-21(12-22)16-11-14(18)17(23)19-15(16)10-13-6-4-3-5-7-13/h3-7,11-12H,8-10H2,1-2H3,(H,19,23). The maximum atomic E-state index is 11.9. The van der Waals surface area contributed by atoms with Gasteiger partial charge in [0.05, 0.1) is 5.69 Å². The number of nitrogens with zero attached hydrogens (tertiary/aromatic N) is 2. The van der Waals surface area contributed by atoms with Gasteiger partial charge in [0.1, 0.15) is 5.02 Å². The van der Waals surface area contributed by atoms with Crippen LogP contribution >= 0.6 is 11.6 Å². The summed E-state index contributed by atoms with van der Waals surface area (Å²) in [5.41, 5.74) is 2.01. The van der Waals surface area contributed by atoms with Crippen LogP contribution in [0, 0.1) is 0 Å². The largest absolute Gasteiger partial charge is 0.323 e. The summed E-state index contributed by atoms with van der Waals surface area (Å²) in [5, 5.41) is 0.0773. The van der Waals surface area contributed by atoms with E-state index in [1.54, 1.807) is 11.0 Å². The zero-order chi connectivity index (χ0) is 16.8. The van der Waals surface area contributed by atoms with Gasteiger partial charge in [0, 0.05) is 25.2 Å². The highest BCUT2D eigenvalue weighted by atomic mass is 35.5. The first-order chi connectivity index (χ1) is 11.0. The number of nitrogens with one attached hydrogen (secondary N) is 1. The molecule has 0 saturated carbocycles. The SMILES string of the molecule is CN(C)CCN(C=O)c1cc(Cl)c(=O)[nH]c1Cc1ccccc1. The van der Waals surface area contributed by atoms with Gasteiger partial charge in [-0.1, -0.05) is 41.9 Å². The van der Waals surface area contributed by atoms with Gasteiger partial charge in [0.25, 0.3) is 5.56 Å². The Morgan fingerprint density at radius 1 is 1.17 bits per heavy atom. The highest BCUT2D eigenvalue weighted by molar-refractivity contribution is 6.30. The molecule has 1 aromatic carbocycles. The van der Waals surface area contributed by atoms with Gasteiger partial charge >= 0.3 is 0 Å². The van der Waals surface area contributed by atoms with Gasteiger partial charge in [-0.2, -0.15) is 0 Å². The van der Waals surface area contributed by atoms with Crippen LogP contribution in [-0.4, -0.2) is 43.5 Å². The second-order valence-electron chi connectivity index (χ2n) is 5.57. The molecule has 1 amide bonds. The summed E-state index contributed by atoms with van der Waals surface area (Å²) >= 11 is 5.96. The van der Waals surface area contributed by atoms with Gasteiger partial charge in [-0.05, 0) is 25.7 Å². The Hall–Kier alpha value is -2.11. The molecule has 6 heteroatoms. The Morgan fingerprint density at radius 3 is 2.48 bits per heavy atom. The molecule has 0 unspecified atom stereocenters. The minimum Gasteiger partial charge on any atom is -0.323 e. The third-order valence-corrected chi connectivity index (χ3v) is 3.78. The summed E-state index contributed by atoms with van der Waals surface area (Å²) in [7, 11) is 3.88. The fraction of sp³-hybridized carbons (Fsp3) is 0.294. The Kier molecular flexibility index (Phi) is 5.96. The number of hydrogen-bond donors (Lipinski definition) is 1. The van der Waals surface area contributed by atoms with Crippen molar-refractivity contribution in [3.63, 3.8) is 0 Å². The van der Waals surface area contributed by atoms with Crippen molar-refractivity contribution in [1.29, 1.82) is 0 Å². The van der Waals surface area contributed by atoms with Crippen LogP contribution < -0.4 is 10.5 Å². The zero-order valence-corrected chi connectivity index (χ0v) is 14.0. The molecule has 0 spiro atoms. The molecular weight excluding hydrogens is 314 g/mol. The topological polar surface area (TPSA) is 56.4 Å². The van der Waals surface area contributed by atoms with Crippen molar-refractivity contribution in [3.8, 4) is 0 Å². The lowest BCUT2D eigenvalue weighted by Gasteiger charge is -2.22. The summed E-state index contributed by atoms with van der Waals surface area (Å²) in [4.78, 5) is 29.7. The van der Waals surface area contributed by atoms with E-state index >= 15 is 0 Å². The maximum absolute atomic E-state index is 11.9. The lowest BCUT2D eigenvalue weighted by atomic mass is 10.1. The lowest BCUT2D eigenvalue weighted by molar-refractivity contribution is -0.107. The number of carbonyl (C=O) groups excluding carboxylic acids is 1. The molecule has 1 heterocycles. The molecule has 0 aliphatic carbocycles. The van der Waals surface area contributed by atoms with Crippen molar-refractivity contribution in [2.45, 2.75) is 6.42 Å². The van der Waals surface area contributed by atoms with Crippen LogP contribution in [0.15, 0.2) is 41.2 Å². The lowest BCUT2D eigenvalue weighted by Crippen LogP contribution is -2.32. The van der Waals surface area contributed by atoms with Gasteiger partial charge in [0.2, 0.25) is 6.41 Å². The second kappa shape index (κ2) is 7.94.